The van der Waals surface area contributed by atoms with Crippen LogP contribution in [0.5, 0.6) is 0 Å². The summed E-state index contributed by atoms with van der Waals surface area (Å²) in [6, 6.07) is 1.19. The summed E-state index contributed by atoms with van der Waals surface area (Å²) in [4.78, 5) is 17.9. The van der Waals surface area contributed by atoms with Crippen LogP contribution in [0.3, 0.4) is 0 Å². The van der Waals surface area contributed by atoms with Gasteiger partial charge in [-0.05, 0) is 19.8 Å². The number of H-pyrrole nitrogens is 1. The van der Waals surface area contributed by atoms with Gasteiger partial charge in [-0.25, -0.2) is 13.4 Å². The minimum absolute atomic E-state index is 0.112. The average molecular weight is 257 g/mol. The first-order chi connectivity index (χ1) is 7.94. The number of anilines is 1. The molecule has 2 rings (SSSR count). The molecule has 1 aliphatic heterocycles. The van der Waals surface area contributed by atoms with Gasteiger partial charge in [-0.1, -0.05) is 0 Å². The summed E-state index contributed by atoms with van der Waals surface area (Å²) in [5.41, 5.74) is -0.237. The van der Waals surface area contributed by atoms with Crippen molar-refractivity contribution in [2.75, 3.05) is 16.8 Å². The molecule has 1 atom stereocenters. The molecule has 7 heteroatoms. The molecular formula is C10H15N3O3S. The third kappa shape index (κ3) is 3.29. The van der Waals surface area contributed by atoms with Gasteiger partial charge < -0.3 is 10.3 Å². The van der Waals surface area contributed by atoms with Gasteiger partial charge in [0.2, 0.25) is 0 Å². The van der Waals surface area contributed by atoms with Crippen molar-refractivity contribution < 1.29 is 8.42 Å². The molecule has 0 radical (unpaired) electrons. The van der Waals surface area contributed by atoms with Crippen molar-refractivity contribution >= 4 is 15.7 Å². The van der Waals surface area contributed by atoms with Crippen molar-refractivity contribution in [3.63, 3.8) is 0 Å². The van der Waals surface area contributed by atoms with Crippen molar-refractivity contribution in [2.24, 2.45) is 0 Å². The smallest absolute Gasteiger partial charge is 0.252 e. The van der Waals surface area contributed by atoms with E-state index in [9.17, 15) is 13.2 Å². The number of hydrogen-bond donors (Lipinski definition) is 2. The topological polar surface area (TPSA) is 91.9 Å². The maximum absolute atomic E-state index is 11.5. The average Bonchev–Trinajstić information content (AvgIpc) is 2.13. The second-order valence-electron chi connectivity index (χ2n) is 4.31. The van der Waals surface area contributed by atoms with E-state index in [4.69, 9.17) is 0 Å². The number of aromatic nitrogens is 2. The van der Waals surface area contributed by atoms with Gasteiger partial charge in [-0.3, -0.25) is 4.79 Å². The fourth-order valence-electron chi connectivity index (χ4n) is 2.00. The van der Waals surface area contributed by atoms with Gasteiger partial charge in [0, 0.05) is 12.1 Å². The molecule has 0 bridgehead atoms. The van der Waals surface area contributed by atoms with Crippen molar-refractivity contribution in [2.45, 2.75) is 25.8 Å². The van der Waals surface area contributed by atoms with Crippen LogP contribution in [-0.4, -0.2) is 35.9 Å². The first-order valence-electron chi connectivity index (χ1n) is 5.49. The van der Waals surface area contributed by atoms with Crippen LogP contribution in [0.2, 0.25) is 0 Å². The highest BCUT2D eigenvalue weighted by molar-refractivity contribution is 7.91. The molecule has 2 N–H and O–H groups in total. The number of aryl methyl sites for hydroxylation is 1. The summed E-state index contributed by atoms with van der Waals surface area (Å²) in [7, 11) is -2.95. The van der Waals surface area contributed by atoms with E-state index in [0.717, 1.165) is 6.42 Å². The molecule has 94 valence electrons. The molecule has 0 aliphatic carbocycles. The number of rotatable bonds is 2. The van der Waals surface area contributed by atoms with Crippen molar-refractivity contribution in [1.82, 2.24) is 9.97 Å². The fourth-order valence-corrected chi connectivity index (χ4v) is 3.64. The van der Waals surface area contributed by atoms with E-state index in [1.54, 1.807) is 6.92 Å². The van der Waals surface area contributed by atoms with Crippen LogP contribution in [0.1, 0.15) is 18.7 Å². The third-order valence-electron chi connectivity index (χ3n) is 2.68. The van der Waals surface area contributed by atoms with Crippen molar-refractivity contribution in [3.05, 3.63) is 22.2 Å². The summed E-state index contributed by atoms with van der Waals surface area (Å²) in [6.07, 6.45) is 1.44. The summed E-state index contributed by atoms with van der Waals surface area (Å²) in [5.74, 6) is 1.32. The molecule has 17 heavy (non-hydrogen) atoms. The van der Waals surface area contributed by atoms with Crippen LogP contribution in [0.25, 0.3) is 0 Å². The Kier molecular flexibility index (Phi) is 3.19. The van der Waals surface area contributed by atoms with Crippen LogP contribution in [-0.2, 0) is 9.84 Å². The van der Waals surface area contributed by atoms with Gasteiger partial charge in [-0.15, -0.1) is 0 Å². The highest BCUT2D eigenvalue weighted by atomic mass is 32.2. The van der Waals surface area contributed by atoms with E-state index in [0.29, 0.717) is 18.1 Å². The van der Waals surface area contributed by atoms with Crippen LogP contribution in [0.4, 0.5) is 5.82 Å². The normalized spacial score (nSPS) is 23.2. The molecule has 1 saturated heterocycles. The van der Waals surface area contributed by atoms with Crippen LogP contribution in [0.15, 0.2) is 10.9 Å². The Morgan fingerprint density at radius 3 is 2.94 bits per heavy atom. The predicted molar refractivity (Wildman–Crippen MR) is 64.9 cm³/mol. The molecule has 1 unspecified atom stereocenters. The zero-order chi connectivity index (χ0) is 12.5. The number of aromatic amines is 1. The maximum atomic E-state index is 11.5. The Morgan fingerprint density at radius 1 is 1.53 bits per heavy atom. The number of sulfone groups is 1. The SMILES string of the molecule is Cc1nc(NC2CCCS(=O)(=O)C2)cc(=O)[nH]1. The third-order valence-corrected chi connectivity index (χ3v) is 4.50. The summed E-state index contributed by atoms with van der Waals surface area (Å²) in [5, 5.41) is 3.01. The van der Waals surface area contributed by atoms with E-state index in [-0.39, 0.29) is 23.1 Å². The first-order valence-corrected chi connectivity index (χ1v) is 7.32. The van der Waals surface area contributed by atoms with Crippen molar-refractivity contribution in [3.8, 4) is 0 Å². The number of hydrogen-bond acceptors (Lipinski definition) is 5. The Balaban J connectivity index is 2.13. The fraction of sp³-hybridized carbons (Fsp3) is 0.600. The van der Waals surface area contributed by atoms with Crippen LogP contribution < -0.4 is 10.9 Å². The van der Waals surface area contributed by atoms with E-state index in [1.165, 1.54) is 6.07 Å². The zero-order valence-corrected chi connectivity index (χ0v) is 10.4. The van der Waals surface area contributed by atoms with Crippen molar-refractivity contribution in [1.29, 1.82) is 0 Å². The lowest BCUT2D eigenvalue weighted by Crippen LogP contribution is -2.35. The Bertz CT molecular complexity index is 564. The molecule has 0 saturated carbocycles. The molecule has 0 spiro atoms. The molecule has 1 aliphatic rings. The van der Waals surface area contributed by atoms with Gasteiger partial charge in [0.05, 0.1) is 11.5 Å². The quantitative estimate of drug-likeness (QED) is 0.782. The largest absolute Gasteiger partial charge is 0.366 e. The lowest BCUT2D eigenvalue weighted by atomic mass is 10.2. The van der Waals surface area contributed by atoms with Gasteiger partial charge >= 0.3 is 0 Å². The molecular weight excluding hydrogens is 242 g/mol. The number of nitrogens with zero attached hydrogens (tertiary/aromatic N) is 1. The van der Waals surface area contributed by atoms with Crippen LogP contribution >= 0.6 is 0 Å². The maximum Gasteiger partial charge on any atom is 0.252 e. The molecule has 0 amide bonds. The summed E-state index contributed by atoms with van der Waals surface area (Å²) in [6.45, 7) is 1.68. The molecule has 1 aromatic heterocycles. The van der Waals surface area contributed by atoms with E-state index in [1.807, 2.05) is 0 Å². The molecule has 2 heterocycles. The van der Waals surface area contributed by atoms with E-state index >= 15 is 0 Å². The monoisotopic (exact) mass is 257 g/mol. The second kappa shape index (κ2) is 4.48. The standard InChI is InChI=1S/C10H15N3O3S/c1-7-11-9(5-10(14)12-7)13-8-3-2-4-17(15,16)6-8/h5,8H,2-4,6H2,1H3,(H2,11,12,13,14). The lowest BCUT2D eigenvalue weighted by molar-refractivity contribution is 0.561. The molecule has 0 aromatic carbocycles. The van der Waals surface area contributed by atoms with Gasteiger partial charge in [0.25, 0.3) is 5.56 Å². The number of nitrogens with one attached hydrogen (secondary N) is 2. The van der Waals surface area contributed by atoms with E-state index < -0.39 is 9.84 Å². The lowest BCUT2D eigenvalue weighted by Gasteiger charge is -2.23. The molecule has 1 fully saturated rings. The Morgan fingerprint density at radius 2 is 2.29 bits per heavy atom. The van der Waals surface area contributed by atoms with Gasteiger partial charge in [-0.2, -0.15) is 0 Å². The first kappa shape index (κ1) is 12.1. The van der Waals surface area contributed by atoms with E-state index in [2.05, 4.69) is 15.3 Å². The van der Waals surface area contributed by atoms with Crippen LogP contribution in [0, 0.1) is 6.92 Å². The molecule has 1 aromatic rings. The minimum Gasteiger partial charge on any atom is -0.366 e. The second-order valence-corrected chi connectivity index (χ2v) is 6.54. The highest BCUT2D eigenvalue weighted by Gasteiger charge is 2.24. The minimum atomic E-state index is -2.95. The Labute approximate surface area is 99.4 Å². The molecule has 6 nitrogen and oxygen atoms in total. The van der Waals surface area contributed by atoms with Gasteiger partial charge in [0.1, 0.15) is 11.6 Å². The predicted octanol–water partition coefficient (Wildman–Crippen LogP) is 0.0674. The van der Waals surface area contributed by atoms with Gasteiger partial charge in [0.15, 0.2) is 9.84 Å². The Hall–Kier alpha value is -1.37. The summed E-state index contributed by atoms with van der Waals surface area (Å²) < 4.78 is 22.9. The summed E-state index contributed by atoms with van der Waals surface area (Å²) >= 11 is 0. The highest BCUT2D eigenvalue weighted by Crippen LogP contribution is 2.15. The zero-order valence-electron chi connectivity index (χ0n) is 9.56.